The lowest BCUT2D eigenvalue weighted by molar-refractivity contribution is -0.137. The number of fused-ring (bicyclic) bond motifs is 3. The van der Waals surface area contributed by atoms with E-state index in [1.54, 1.807) is 0 Å². The molecule has 2 unspecified atom stereocenters. The molecule has 1 aromatic rings. The molecule has 0 spiro atoms. The lowest BCUT2D eigenvalue weighted by Crippen LogP contribution is -2.68. The van der Waals surface area contributed by atoms with Gasteiger partial charge in [-0.15, -0.1) is 0 Å². The van der Waals surface area contributed by atoms with Gasteiger partial charge in [-0.25, -0.2) is 0 Å². The Morgan fingerprint density at radius 1 is 1.15 bits per heavy atom. The summed E-state index contributed by atoms with van der Waals surface area (Å²) in [5.41, 5.74) is 1.69. The second-order valence-electron chi connectivity index (χ2n) is 9.26. The van der Waals surface area contributed by atoms with Crippen LogP contribution in [0.3, 0.4) is 0 Å². The van der Waals surface area contributed by atoms with Gasteiger partial charge in [-0.05, 0) is 74.8 Å². The fraction of sp³-hybridized carbons (Fsp3) is 0.739. The summed E-state index contributed by atoms with van der Waals surface area (Å²) >= 11 is 0. The molecule has 3 aliphatic rings. The van der Waals surface area contributed by atoms with Crippen molar-refractivity contribution in [1.29, 1.82) is 0 Å². The normalized spacial score (nSPS) is 34.2. The Morgan fingerprint density at radius 3 is 2.62 bits per heavy atom. The van der Waals surface area contributed by atoms with Gasteiger partial charge in [-0.2, -0.15) is 0 Å². The van der Waals surface area contributed by atoms with E-state index < -0.39 is 5.60 Å². The Morgan fingerprint density at radius 2 is 1.92 bits per heavy atom. The van der Waals surface area contributed by atoms with Crippen molar-refractivity contribution in [2.45, 2.75) is 88.2 Å². The predicted molar refractivity (Wildman–Crippen MR) is 106 cm³/mol. The highest BCUT2D eigenvalue weighted by Gasteiger charge is 2.60. The van der Waals surface area contributed by atoms with Crippen molar-refractivity contribution in [2.24, 2.45) is 5.92 Å². The average molecular weight is 358 g/mol. The van der Waals surface area contributed by atoms with E-state index in [1.807, 2.05) is 12.1 Å². The number of nitrogens with zero attached hydrogens (tertiary/aromatic N) is 1. The molecule has 0 heterocycles. The average Bonchev–Trinajstić information content (AvgIpc) is 2.58. The molecule has 0 radical (unpaired) electrons. The fourth-order valence-electron chi connectivity index (χ4n) is 6.33. The quantitative estimate of drug-likeness (QED) is 0.821. The molecular formula is C23H35NO2. The van der Waals surface area contributed by atoms with E-state index in [9.17, 15) is 10.2 Å². The lowest BCUT2D eigenvalue weighted by Gasteiger charge is -2.60. The summed E-state index contributed by atoms with van der Waals surface area (Å²) in [6, 6.07) is 6.09. The first-order valence-electron chi connectivity index (χ1n) is 10.7. The van der Waals surface area contributed by atoms with Crippen LogP contribution in [0.4, 0.5) is 0 Å². The molecule has 0 bridgehead atoms. The van der Waals surface area contributed by atoms with E-state index in [0.29, 0.717) is 5.75 Å². The zero-order valence-corrected chi connectivity index (χ0v) is 16.5. The van der Waals surface area contributed by atoms with Crippen molar-refractivity contribution < 1.29 is 10.2 Å². The Kier molecular flexibility index (Phi) is 4.81. The van der Waals surface area contributed by atoms with Crippen LogP contribution in [0.15, 0.2) is 18.2 Å². The molecule has 3 heteroatoms. The van der Waals surface area contributed by atoms with Gasteiger partial charge in [0.05, 0.1) is 5.60 Å². The van der Waals surface area contributed by atoms with Crippen molar-refractivity contribution in [3.63, 3.8) is 0 Å². The monoisotopic (exact) mass is 357 g/mol. The van der Waals surface area contributed by atoms with Gasteiger partial charge in [0, 0.05) is 18.0 Å². The van der Waals surface area contributed by atoms with Crippen molar-refractivity contribution in [3.8, 4) is 5.75 Å². The first kappa shape index (κ1) is 18.3. The Hall–Kier alpha value is -1.06. The maximum absolute atomic E-state index is 12.2. The summed E-state index contributed by atoms with van der Waals surface area (Å²) in [6.45, 7) is 3.34. The van der Waals surface area contributed by atoms with Crippen LogP contribution in [0.2, 0.25) is 0 Å². The van der Waals surface area contributed by atoms with Crippen LogP contribution in [0.25, 0.3) is 0 Å². The first-order valence-corrected chi connectivity index (χ1v) is 10.7. The van der Waals surface area contributed by atoms with Crippen LogP contribution in [-0.4, -0.2) is 40.3 Å². The molecule has 144 valence electrons. The van der Waals surface area contributed by atoms with E-state index in [0.717, 1.165) is 51.0 Å². The number of benzene rings is 1. The molecule has 2 N–H and O–H groups in total. The topological polar surface area (TPSA) is 43.7 Å². The van der Waals surface area contributed by atoms with Gasteiger partial charge < -0.3 is 10.2 Å². The van der Waals surface area contributed by atoms with Crippen molar-refractivity contribution in [3.05, 3.63) is 29.3 Å². The highest BCUT2D eigenvalue weighted by atomic mass is 16.3. The second-order valence-corrected chi connectivity index (χ2v) is 9.26. The third-order valence-electron chi connectivity index (χ3n) is 7.79. The minimum Gasteiger partial charge on any atom is -0.508 e. The van der Waals surface area contributed by atoms with E-state index >= 15 is 0 Å². The van der Waals surface area contributed by atoms with Gasteiger partial charge in [0.25, 0.3) is 0 Å². The van der Waals surface area contributed by atoms with Crippen LogP contribution in [0.5, 0.6) is 5.75 Å². The molecule has 3 atom stereocenters. The molecular weight excluding hydrogens is 322 g/mol. The highest BCUT2D eigenvalue weighted by molar-refractivity contribution is 5.47. The van der Waals surface area contributed by atoms with Gasteiger partial charge in [0.15, 0.2) is 0 Å². The summed E-state index contributed by atoms with van der Waals surface area (Å²) in [5.74, 6) is 1.16. The SMILES string of the molecule is CCC[C@@]12CCCCC1(O)C(N(C)CC1CCC1)Cc1ccc(O)cc12. The Balaban J connectivity index is 1.78. The van der Waals surface area contributed by atoms with E-state index in [-0.39, 0.29) is 11.5 Å². The van der Waals surface area contributed by atoms with E-state index in [2.05, 4.69) is 24.9 Å². The third-order valence-corrected chi connectivity index (χ3v) is 7.79. The number of aliphatic hydroxyl groups is 1. The number of hydrogen-bond acceptors (Lipinski definition) is 3. The van der Waals surface area contributed by atoms with Crippen LogP contribution in [0, 0.1) is 5.92 Å². The highest BCUT2D eigenvalue weighted by Crippen LogP contribution is 2.56. The number of rotatable bonds is 5. The van der Waals surface area contributed by atoms with Crippen LogP contribution in [-0.2, 0) is 11.8 Å². The molecule has 3 nitrogen and oxygen atoms in total. The van der Waals surface area contributed by atoms with Crippen molar-refractivity contribution >= 4 is 0 Å². The molecule has 3 aliphatic carbocycles. The third kappa shape index (κ3) is 2.70. The Bertz CT molecular complexity index is 652. The van der Waals surface area contributed by atoms with Gasteiger partial charge in [-0.3, -0.25) is 4.90 Å². The van der Waals surface area contributed by atoms with Gasteiger partial charge >= 0.3 is 0 Å². The molecule has 4 rings (SSSR count). The molecule has 0 aromatic heterocycles. The summed E-state index contributed by atoms with van der Waals surface area (Å²) in [5, 5.41) is 22.4. The largest absolute Gasteiger partial charge is 0.508 e. The van der Waals surface area contributed by atoms with Gasteiger partial charge in [-0.1, -0.05) is 38.7 Å². The number of hydrogen-bond donors (Lipinski definition) is 2. The van der Waals surface area contributed by atoms with Crippen molar-refractivity contribution in [2.75, 3.05) is 13.6 Å². The fourth-order valence-corrected chi connectivity index (χ4v) is 6.33. The second kappa shape index (κ2) is 6.83. The zero-order valence-electron chi connectivity index (χ0n) is 16.5. The standard InChI is InChI=1S/C23H35NO2/c1-3-11-22-12-4-5-13-23(22,26)21(24(2)16-17-7-6-8-17)14-18-9-10-19(25)15-20(18)22/h9-10,15,17,21,25-26H,3-8,11-14,16H2,1-2H3/t21?,22-,23?/m0/s1. The number of likely N-dealkylation sites (N-methyl/N-ethyl adjacent to an activating group) is 1. The molecule has 26 heavy (non-hydrogen) atoms. The minimum atomic E-state index is -0.680. The summed E-state index contributed by atoms with van der Waals surface area (Å²) < 4.78 is 0. The minimum absolute atomic E-state index is 0.187. The van der Waals surface area contributed by atoms with Crippen LogP contribution in [0.1, 0.15) is 75.8 Å². The van der Waals surface area contributed by atoms with Gasteiger partial charge in [0.1, 0.15) is 5.75 Å². The van der Waals surface area contributed by atoms with Crippen molar-refractivity contribution in [1.82, 2.24) is 4.90 Å². The molecule has 0 aliphatic heterocycles. The van der Waals surface area contributed by atoms with E-state index in [1.165, 1.54) is 36.8 Å². The molecule has 2 fully saturated rings. The van der Waals surface area contributed by atoms with Crippen LogP contribution < -0.4 is 0 Å². The molecule has 1 aromatic carbocycles. The van der Waals surface area contributed by atoms with Gasteiger partial charge in [0.2, 0.25) is 0 Å². The summed E-state index contributed by atoms with van der Waals surface area (Å²) in [6.07, 6.45) is 11.3. The summed E-state index contributed by atoms with van der Waals surface area (Å²) in [7, 11) is 2.23. The summed E-state index contributed by atoms with van der Waals surface area (Å²) in [4.78, 5) is 2.48. The Labute approximate surface area is 158 Å². The number of phenols is 1. The van der Waals surface area contributed by atoms with E-state index in [4.69, 9.17) is 0 Å². The smallest absolute Gasteiger partial charge is 0.115 e. The predicted octanol–water partition coefficient (Wildman–Crippen LogP) is 4.39. The maximum atomic E-state index is 12.2. The maximum Gasteiger partial charge on any atom is 0.115 e. The molecule has 0 saturated heterocycles. The zero-order chi connectivity index (χ0) is 18.4. The number of aromatic hydroxyl groups is 1. The molecule has 2 saturated carbocycles. The van der Waals surface area contributed by atoms with Crippen LogP contribution >= 0.6 is 0 Å². The lowest BCUT2D eigenvalue weighted by atomic mass is 9.51. The first-order chi connectivity index (χ1) is 12.5. The number of phenolic OH excluding ortho intramolecular Hbond substituents is 1. The molecule has 0 amide bonds.